The molecule has 10 nitrogen and oxygen atoms in total. The van der Waals surface area contributed by atoms with E-state index in [1.807, 2.05) is 6.07 Å². The van der Waals surface area contributed by atoms with E-state index in [9.17, 15) is 26.8 Å². The van der Waals surface area contributed by atoms with Crippen LogP contribution in [-0.2, 0) is 16.4 Å². The van der Waals surface area contributed by atoms with Gasteiger partial charge in [0.2, 0.25) is 5.89 Å². The molecule has 1 fully saturated rings. The summed E-state index contributed by atoms with van der Waals surface area (Å²) in [6.07, 6.45) is -1.48. The van der Waals surface area contributed by atoms with Gasteiger partial charge in [-0.2, -0.15) is 8.78 Å². The van der Waals surface area contributed by atoms with Crippen LogP contribution < -0.4 is 10.9 Å². The van der Waals surface area contributed by atoms with Crippen molar-refractivity contribution in [2.45, 2.75) is 19.0 Å². The summed E-state index contributed by atoms with van der Waals surface area (Å²) in [5.74, 6) is -1.23. The first-order valence-corrected chi connectivity index (χ1v) is 12.2. The van der Waals surface area contributed by atoms with E-state index in [1.54, 1.807) is 24.3 Å². The molecule has 1 N–H and O–H groups in total. The number of hydrogen-bond acceptors (Lipinski definition) is 7. The molecular formula is C21H21F2N5O5S. The minimum absolute atomic E-state index is 0.0765. The molecule has 1 saturated heterocycles. The Morgan fingerprint density at radius 2 is 1.82 bits per heavy atom. The number of aromatic nitrogens is 3. The molecule has 2 aromatic heterocycles. The van der Waals surface area contributed by atoms with Crippen molar-refractivity contribution < 1.29 is 26.4 Å². The van der Waals surface area contributed by atoms with Crippen LogP contribution in [0.2, 0.25) is 0 Å². The summed E-state index contributed by atoms with van der Waals surface area (Å²) in [7, 11) is -3.14. The second-order valence-corrected chi connectivity index (χ2v) is 10.0. The standard InChI is InChI=1S/C21H21F2N5O5S/c22-18(23)20-26-25-19(33-20)15-6-7-28(17(29)12-15)13-16(14-4-2-1-3-5-14)24-21(30)27-8-10-34(31,32)11-9-27/h1-7,12,16,18H,8-11,13H2,(H,24,30). The average Bonchev–Trinajstić information content (AvgIpc) is 3.31. The molecule has 34 heavy (non-hydrogen) atoms. The van der Waals surface area contributed by atoms with Gasteiger partial charge < -0.3 is 19.2 Å². The molecule has 1 atom stereocenters. The van der Waals surface area contributed by atoms with Gasteiger partial charge >= 0.3 is 12.5 Å². The Kier molecular flexibility index (Phi) is 6.72. The Morgan fingerprint density at radius 3 is 2.44 bits per heavy atom. The molecule has 1 aliphatic rings. The average molecular weight is 493 g/mol. The molecule has 180 valence electrons. The summed E-state index contributed by atoms with van der Waals surface area (Å²) in [5.41, 5.74) is 0.471. The van der Waals surface area contributed by atoms with Crippen LogP contribution in [0.5, 0.6) is 0 Å². The smallest absolute Gasteiger partial charge is 0.318 e. The molecule has 0 spiro atoms. The van der Waals surface area contributed by atoms with Crippen LogP contribution in [0, 0.1) is 0 Å². The van der Waals surface area contributed by atoms with E-state index in [0.29, 0.717) is 0 Å². The fourth-order valence-electron chi connectivity index (χ4n) is 3.50. The lowest BCUT2D eigenvalue weighted by atomic mass is 10.1. The first kappa shape index (κ1) is 23.5. The van der Waals surface area contributed by atoms with Crippen molar-refractivity contribution in [1.82, 2.24) is 25.0 Å². The Balaban J connectivity index is 1.53. The zero-order valence-corrected chi connectivity index (χ0v) is 18.6. The third-order valence-corrected chi connectivity index (χ3v) is 6.99. The molecule has 2 amide bonds. The molecule has 1 unspecified atom stereocenters. The molecule has 13 heteroatoms. The number of urea groups is 1. The van der Waals surface area contributed by atoms with Gasteiger partial charge in [0.1, 0.15) is 0 Å². The number of rotatable bonds is 6. The van der Waals surface area contributed by atoms with E-state index >= 15 is 0 Å². The predicted octanol–water partition coefficient (Wildman–Crippen LogP) is 2.02. The topological polar surface area (TPSA) is 127 Å². The van der Waals surface area contributed by atoms with Crippen molar-refractivity contribution in [2.24, 2.45) is 0 Å². The molecule has 0 bridgehead atoms. The molecule has 0 radical (unpaired) electrons. The summed E-state index contributed by atoms with van der Waals surface area (Å²) < 4.78 is 54.9. The maximum absolute atomic E-state index is 12.8. The molecule has 1 aliphatic heterocycles. The van der Waals surface area contributed by atoms with Crippen LogP contribution in [0.3, 0.4) is 0 Å². The quantitative estimate of drug-likeness (QED) is 0.556. The molecule has 3 aromatic rings. The summed E-state index contributed by atoms with van der Waals surface area (Å²) in [4.78, 5) is 27.0. The highest BCUT2D eigenvalue weighted by molar-refractivity contribution is 7.91. The van der Waals surface area contributed by atoms with Crippen LogP contribution in [-0.4, -0.2) is 58.7 Å². The highest BCUT2D eigenvalue weighted by Gasteiger charge is 2.27. The number of carbonyl (C=O) groups is 1. The van der Waals surface area contributed by atoms with Crippen LogP contribution in [0.1, 0.15) is 23.9 Å². The van der Waals surface area contributed by atoms with Gasteiger partial charge in [0.25, 0.3) is 11.4 Å². The second-order valence-electron chi connectivity index (χ2n) is 7.70. The largest absolute Gasteiger partial charge is 0.415 e. The number of nitrogens with zero attached hydrogens (tertiary/aromatic N) is 4. The number of benzene rings is 1. The zero-order chi connectivity index (χ0) is 24.3. The molecule has 1 aromatic carbocycles. The minimum atomic E-state index is -3.14. The monoisotopic (exact) mass is 493 g/mol. The summed E-state index contributed by atoms with van der Waals surface area (Å²) in [5, 5.41) is 9.67. The third-order valence-electron chi connectivity index (χ3n) is 5.38. The van der Waals surface area contributed by atoms with E-state index < -0.39 is 39.8 Å². The van der Waals surface area contributed by atoms with Crippen molar-refractivity contribution in [3.05, 3.63) is 70.5 Å². The maximum Gasteiger partial charge on any atom is 0.318 e. The zero-order valence-electron chi connectivity index (χ0n) is 17.8. The van der Waals surface area contributed by atoms with E-state index in [-0.39, 0.29) is 42.6 Å². The van der Waals surface area contributed by atoms with Gasteiger partial charge in [-0.3, -0.25) is 4.79 Å². The van der Waals surface area contributed by atoms with E-state index in [0.717, 1.165) is 5.56 Å². The number of amides is 2. The Morgan fingerprint density at radius 1 is 1.12 bits per heavy atom. The van der Waals surface area contributed by atoms with Crippen molar-refractivity contribution in [3.8, 4) is 11.5 Å². The van der Waals surface area contributed by atoms with Crippen molar-refractivity contribution in [3.63, 3.8) is 0 Å². The van der Waals surface area contributed by atoms with Crippen molar-refractivity contribution in [1.29, 1.82) is 0 Å². The fourth-order valence-corrected chi connectivity index (χ4v) is 4.70. The van der Waals surface area contributed by atoms with Crippen LogP contribution >= 0.6 is 0 Å². The van der Waals surface area contributed by atoms with E-state index in [4.69, 9.17) is 4.42 Å². The van der Waals surface area contributed by atoms with Gasteiger partial charge in [-0.05, 0) is 11.6 Å². The number of hydrogen-bond donors (Lipinski definition) is 1. The van der Waals surface area contributed by atoms with Gasteiger partial charge in [-0.15, -0.1) is 10.2 Å². The highest BCUT2D eigenvalue weighted by Crippen LogP contribution is 2.22. The normalized spacial score (nSPS) is 16.4. The Hall–Kier alpha value is -3.61. The lowest BCUT2D eigenvalue weighted by molar-refractivity contribution is 0.116. The summed E-state index contributed by atoms with van der Waals surface area (Å²) in [6, 6.07) is 10.6. The van der Waals surface area contributed by atoms with Gasteiger partial charge in [-0.1, -0.05) is 30.3 Å². The molecular weight excluding hydrogens is 472 g/mol. The number of pyridine rings is 1. The predicted molar refractivity (Wildman–Crippen MR) is 117 cm³/mol. The first-order valence-electron chi connectivity index (χ1n) is 10.3. The van der Waals surface area contributed by atoms with Crippen LogP contribution in [0.4, 0.5) is 13.6 Å². The molecule has 0 aliphatic carbocycles. The van der Waals surface area contributed by atoms with Crippen LogP contribution in [0.25, 0.3) is 11.5 Å². The highest BCUT2D eigenvalue weighted by atomic mass is 32.2. The molecule has 3 heterocycles. The number of carbonyl (C=O) groups excluding carboxylic acids is 1. The Bertz CT molecular complexity index is 1310. The lowest BCUT2D eigenvalue weighted by Gasteiger charge is -2.29. The molecule has 0 saturated carbocycles. The number of alkyl halides is 2. The van der Waals surface area contributed by atoms with Crippen molar-refractivity contribution >= 4 is 15.9 Å². The maximum atomic E-state index is 12.8. The lowest BCUT2D eigenvalue weighted by Crippen LogP contribution is -2.49. The van der Waals surface area contributed by atoms with Crippen molar-refractivity contribution in [2.75, 3.05) is 24.6 Å². The van der Waals surface area contributed by atoms with Gasteiger partial charge in [0.15, 0.2) is 9.84 Å². The molecule has 4 rings (SSSR count). The number of nitrogens with one attached hydrogen (secondary N) is 1. The Labute approximate surface area is 193 Å². The van der Waals surface area contributed by atoms with Gasteiger partial charge in [-0.25, -0.2) is 13.2 Å². The number of halogens is 2. The van der Waals surface area contributed by atoms with E-state index in [1.165, 1.54) is 27.8 Å². The third kappa shape index (κ3) is 5.47. The number of sulfone groups is 1. The van der Waals surface area contributed by atoms with Crippen LogP contribution in [0.15, 0.2) is 57.9 Å². The summed E-state index contributed by atoms with van der Waals surface area (Å²) in [6.45, 7) is 0.261. The van der Waals surface area contributed by atoms with E-state index in [2.05, 4.69) is 15.5 Å². The minimum Gasteiger partial charge on any atom is -0.415 e. The van der Waals surface area contributed by atoms with Gasteiger partial charge in [0.05, 0.1) is 24.1 Å². The van der Waals surface area contributed by atoms with Gasteiger partial charge in [0, 0.05) is 30.9 Å². The first-order chi connectivity index (χ1) is 16.2. The fraction of sp³-hybridized carbons (Fsp3) is 0.333. The SMILES string of the molecule is O=C(NC(Cn1ccc(-c2nnc(C(F)F)o2)cc1=O)c1ccccc1)N1CCS(=O)(=O)CC1. The second kappa shape index (κ2) is 9.71. The summed E-state index contributed by atoms with van der Waals surface area (Å²) >= 11 is 0.